The highest BCUT2D eigenvalue weighted by atomic mass is 32.2. The second-order valence-electron chi connectivity index (χ2n) is 5.13. The van der Waals surface area contributed by atoms with E-state index in [1.54, 1.807) is 24.3 Å². The standard InChI is InChI=1S/C18H17FN2O4S/c1-14(22)21-16-5-4-6-17(13-16)25-12-3-2-11-20-26(23,24)18-9-7-15(19)8-10-18/h4-10,13,20H,11-12H2,1H3,(H,21,22). The second-order valence-corrected chi connectivity index (χ2v) is 6.90. The number of benzene rings is 2. The third-order valence-corrected chi connectivity index (χ3v) is 4.48. The molecule has 0 atom stereocenters. The number of amides is 1. The van der Waals surface area contributed by atoms with Crippen molar-refractivity contribution in [3.63, 3.8) is 0 Å². The van der Waals surface area contributed by atoms with Gasteiger partial charge in [-0.1, -0.05) is 17.9 Å². The molecule has 0 radical (unpaired) electrons. The number of carbonyl (C=O) groups excluding carboxylic acids is 1. The first kappa shape index (κ1) is 19.4. The Labute approximate surface area is 151 Å². The van der Waals surface area contributed by atoms with E-state index in [0.717, 1.165) is 12.1 Å². The molecule has 0 aliphatic rings. The van der Waals surface area contributed by atoms with Crippen LogP contribution < -0.4 is 14.8 Å². The minimum absolute atomic E-state index is 0.0354. The highest BCUT2D eigenvalue weighted by molar-refractivity contribution is 7.89. The van der Waals surface area contributed by atoms with E-state index in [9.17, 15) is 17.6 Å². The van der Waals surface area contributed by atoms with Crippen LogP contribution in [-0.4, -0.2) is 27.5 Å². The second kappa shape index (κ2) is 8.99. The van der Waals surface area contributed by atoms with E-state index in [2.05, 4.69) is 21.9 Å². The molecule has 1 amide bonds. The monoisotopic (exact) mass is 376 g/mol. The van der Waals surface area contributed by atoms with Gasteiger partial charge in [-0.3, -0.25) is 4.79 Å². The fourth-order valence-electron chi connectivity index (χ4n) is 1.93. The number of anilines is 1. The topological polar surface area (TPSA) is 84.5 Å². The van der Waals surface area contributed by atoms with Crippen molar-refractivity contribution in [2.45, 2.75) is 11.8 Å². The number of hydrogen-bond acceptors (Lipinski definition) is 4. The summed E-state index contributed by atoms with van der Waals surface area (Å²) in [6.45, 7) is 1.36. The van der Waals surface area contributed by atoms with Gasteiger partial charge in [0.05, 0.1) is 11.4 Å². The largest absolute Gasteiger partial charge is 0.481 e. The SMILES string of the molecule is CC(=O)Nc1cccc(OCC#CCNS(=O)(=O)c2ccc(F)cc2)c1. The summed E-state index contributed by atoms with van der Waals surface area (Å²) in [4.78, 5) is 11.0. The summed E-state index contributed by atoms with van der Waals surface area (Å²) in [5.41, 5.74) is 0.606. The van der Waals surface area contributed by atoms with Crippen LogP contribution in [0.25, 0.3) is 0 Å². The molecule has 26 heavy (non-hydrogen) atoms. The van der Waals surface area contributed by atoms with Crippen LogP contribution in [-0.2, 0) is 14.8 Å². The molecule has 0 bridgehead atoms. The normalized spacial score (nSPS) is 10.5. The van der Waals surface area contributed by atoms with E-state index in [1.807, 2.05) is 0 Å². The number of ether oxygens (including phenoxy) is 1. The van der Waals surface area contributed by atoms with Crippen LogP contribution in [0.2, 0.25) is 0 Å². The summed E-state index contributed by atoms with van der Waals surface area (Å²) in [6.07, 6.45) is 0. The highest BCUT2D eigenvalue weighted by Crippen LogP contribution is 2.17. The number of sulfonamides is 1. The van der Waals surface area contributed by atoms with Gasteiger partial charge in [-0.2, -0.15) is 4.72 Å². The third-order valence-electron chi connectivity index (χ3n) is 3.06. The average molecular weight is 376 g/mol. The molecular weight excluding hydrogens is 359 g/mol. The molecule has 0 heterocycles. The average Bonchev–Trinajstić information content (AvgIpc) is 2.58. The predicted molar refractivity (Wildman–Crippen MR) is 95.6 cm³/mol. The Hall–Kier alpha value is -2.89. The van der Waals surface area contributed by atoms with Gasteiger partial charge in [0.2, 0.25) is 15.9 Å². The molecule has 0 unspecified atom stereocenters. The van der Waals surface area contributed by atoms with Crippen LogP contribution >= 0.6 is 0 Å². The summed E-state index contributed by atoms with van der Waals surface area (Å²) in [5.74, 6) is 5.14. The van der Waals surface area contributed by atoms with Crippen molar-refractivity contribution >= 4 is 21.6 Å². The predicted octanol–water partition coefficient (Wildman–Crippen LogP) is 2.14. The van der Waals surface area contributed by atoms with Gasteiger partial charge >= 0.3 is 0 Å². The van der Waals surface area contributed by atoms with Gasteiger partial charge < -0.3 is 10.1 Å². The van der Waals surface area contributed by atoms with Crippen LogP contribution in [0.1, 0.15) is 6.92 Å². The molecule has 6 nitrogen and oxygen atoms in total. The molecule has 2 aromatic carbocycles. The van der Waals surface area contributed by atoms with Gasteiger partial charge in [-0.25, -0.2) is 12.8 Å². The maximum Gasteiger partial charge on any atom is 0.241 e. The van der Waals surface area contributed by atoms with Crippen molar-refractivity contribution in [2.75, 3.05) is 18.5 Å². The minimum atomic E-state index is -3.73. The molecule has 2 rings (SSSR count). The Morgan fingerprint density at radius 3 is 2.58 bits per heavy atom. The van der Waals surface area contributed by atoms with Gasteiger partial charge in [0.25, 0.3) is 0 Å². The van der Waals surface area contributed by atoms with Crippen molar-refractivity contribution in [3.8, 4) is 17.6 Å². The van der Waals surface area contributed by atoms with Gasteiger partial charge in [0, 0.05) is 18.7 Å². The maximum atomic E-state index is 12.8. The summed E-state index contributed by atoms with van der Waals surface area (Å²) >= 11 is 0. The zero-order chi connectivity index (χ0) is 19.0. The van der Waals surface area contributed by atoms with Crippen molar-refractivity contribution in [1.29, 1.82) is 0 Å². The van der Waals surface area contributed by atoms with Crippen LogP contribution in [0.3, 0.4) is 0 Å². The van der Waals surface area contributed by atoms with E-state index < -0.39 is 15.8 Å². The molecule has 0 saturated carbocycles. The fourth-order valence-corrected chi connectivity index (χ4v) is 2.85. The third kappa shape index (κ3) is 6.20. The molecule has 0 spiro atoms. The van der Waals surface area contributed by atoms with E-state index >= 15 is 0 Å². The van der Waals surface area contributed by atoms with E-state index in [4.69, 9.17) is 4.74 Å². The molecule has 0 aromatic heterocycles. The first-order valence-electron chi connectivity index (χ1n) is 7.58. The van der Waals surface area contributed by atoms with E-state index in [1.165, 1.54) is 19.1 Å². The number of rotatable bonds is 6. The number of carbonyl (C=O) groups is 1. The Morgan fingerprint density at radius 1 is 1.15 bits per heavy atom. The Morgan fingerprint density at radius 2 is 1.88 bits per heavy atom. The van der Waals surface area contributed by atoms with Crippen molar-refractivity contribution in [2.24, 2.45) is 0 Å². The van der Waals surface area contributed by atoms with Crippen LogP contribution in [0, 0.1) is 17.7 Å². The molecule has 0 aliphatic carbocycles. The smallest absolute Gasteiger partial charge is 0.241 e. The van der Waals surface area contributed by atoms with Crippen molar-refractivity contribution in [1.82, 2.24) is 4.72 Å². The maximum absolute atomic E-state index is 12.8. The molecular formula is C18H17FN2O4S. The van der Waals surface area contributed by atoms with Crippen LogP contribution in [0.5, 0.6) is 5.75 Å². The molecule has 8 heteroatoms. The number of halogens is 1. The zero-order valence-electron chi connectivity index (χ0n) is 14.0. The lowest BCUT2D eigenvalue weighted by atomic mass is 10.3. The van der Waals surface area contributed by atoms with E-state index in [0.29, 0.717) is 11.4 Å². The summed E-state index contributed by atoms with van der Waals surface area (Å²) in [7, 11) is -3.73. The van der Waals surface area contributed by atoms with Gasteiger partial charge in [-0.05, 0) is 36.4 Å². The zero-order valence-corrected chi connectivity index (χ0v) is 14.8. The minimum Gasteiger partial charge on any atom is -0.481 e. The Balaban J connectivity index is 1.82. The lowest BCUT2D eigenvalue weighted by molar-refractivity contribution is -0.114. The molecule has 136 valence electrons. The molecule has 2 aromatic rings. The summed E-state index contributed by atoms with van der Waals surface area (Å²) in [6, 6.07) is 11.3. The Kier molecular flexibility index (Phi) is 6.72. The van der Waals surface area contributed by atoms with Crippen molar-refractivity contribution < 1.29 is 22.3 Å². The van der Waals surface area contributed by atoms with Gasteiger partial charge in [0.15, 0.2) is 0 Å². The van der Waals surface area contributed by atoms with E-state index in [-0.39, 0.29) is 24.0 Å². The lowest BCUT2D eigenvalue weighted by Crippen LogP contribution is -2.24. The molecule has 0 saturated heterocycles. The molecule has 2 N–H and O–H groups in total. The first-order chi connectivity index (χ1) is 12.4. The highest BCUT2D eigenvalue weighted by Gasteiger charge is 2.12. The number of hydrogen-bond donors (Lipinski definition) is 2. The van der Waals surface area contributed by atoms with Crippen molar-refractivity contribution in [3.05, 3.63) is 54.3 Å². The molecule has 0 aliphatic heterocycles. The van der Waals surface area contributed by atoms with Gasteiger partial charge in [-0.15, -0.1) is 0 Å². The quantitative estimate of drug-likeness (QED) is 0.757. The summed E-state index contributed by atoms with van der Waals surface area (Å²) in [5, 5.41) is 2.64. The van der Waals surface area contributed by atoms with Crippen LogP contribution in [0.4, 0.5) is 10.1 Å². The lowest BCUT2D eigenvalue weighted by Gasteiger charge is -2.05. The van der Waals surface area contributed by atoms with Gasteiger partial charge in [0.1, 0.15) is 18.2 Å². The van der Waals surface area contributed by atoms with Crippen LogP contribution in [0.15, 0.2) is 53.4 Å². The summed E-state index contributed by atoms with van der Waals surface area (Å²) < 4.78 is 44.4. The Bertz CT molecular complexity index is 932. The molecule has 0 fully saturated rings. The fraction of sp³-hybridized carbons (Fsp3) is 0.167. The number of nitrogens with one attached hydrogen (secondary N) is 2. The first-order valence-corrected chi connectivity index (χ1v) is 9.06.